The molecule has 7 atom stereocenters. The van der Waals surface area contributed by atoms with Gasteiger partial charge in [0.2, 0.25) is 5.95 Å². The van der Waals surface area contributed by atoms with Gasteiger partial charge in [-0.15, -0.1) is 0 Å². The number of benzene rings is 1. The lowest BCUT2D eigenvalue weighted by Gasteiger charge is -2.32. The fourth-order valence-electron chi connectivity index (χ4n) is 4.95. The largest absolute Gasteiger partial charge is 0.462 e. The highest BCUT2D eigenvalue weighted by Gasteiger charge is 2.85. The minimum Gasteiger partial charge on any atom is -0.462 e. The fraction of sp³-hybridized carbons (Fsp3) is 0.538. The van der Waals surface area contributed by atoms with Crippen LogP contribution in [0.2, 0.25) is 0 Å². The Bertz CT molecular complexity index is 1520. The monoisotopic (exact) mass is 607 g/mol. The van der Waals surface area contributed by atoms with Crippen molar-refractivity contribution in [2.75, 3.05) is 24.2 Å². The predicted octanol–water partition coefficient (Wildman–Crippen LogP) is 2.74. The fourth-order valence-corrected chi connectivity index (χ4v) is 6.66. The van der Waals surface area contributed by atoms with Crippen molar-refractivity contribution in [1.29, 1.82) is 0 Å². The maximum absolute atomic E-state index is 16.6. The molecule has 0 spiro atoms. The molecule has 3 aromatic rings. The molecule has 0 bridgehead atoms. The van der Waals surface area contributed by atoms with E-state index >= 15 is 4.39 Å². The predicted molar refractivity (Wildman–Crippen MR) is 150 cm³/mol. The van der Waals surface area contributed by atoms with Crippen molar-refractivity contribution in [1.82, 2.24) is 24.6 Å². The molecule has 3 heterocycles. The van der Waals surface area contributed by atoms with Crippen LogP contribution >= 0.6 is 7.75 Å². The molecule has 1 saturated carbocycles. The molecule has 4 N–H and O–H groups in total. The zero-order valence-electron chi connectivity index (χ0n) is 24.1. The van der Waals surface area contributed by atoms with E-state index in [1.165, 1.54) is 30.0 Å². The summed E-state index contributed by atoms with van der Waals surface area (Å²) in [6.07, 6.45) is -3.11. The number of hydrogen-bond acceptors (Lipinski definition) is 12. The molecule has 1 aliphatic heterocycles. The van der Waals surface area contributed by atoms with Crippen LogP contribution < -0.4 is 20.2 Å². The van der Waals surface area contributed by atoms with Crippen molar-refractivity contribution < 1.29 is 37.4 Å². The molecule has 2 aliphatic rings. The van der Waals surface area contributed by atoms with E-state index in [1.54, 1.807) is 39.1 Å². The average Bonchev–Trinajstić information content (AvgIpc) is 3.17. The second-order valence-electron chi connectivity index (χ2n) is 10.8. The molecule has 1 saturated heterocycles. The van der Waals surface area contributed by atoms with Gasteiger partial charge < -0.3 is 29.7 Å². The topological polar surface area (TPSA) is 176 Å². The third-order valence-corrected chi connectivity index (χ3v) is 9.00. The lowest BCUT2D eigenvalue weighted by atomic mass is 9.97. The summed E-state index contributed by atoms with van der Waals surface area (Å²) in [6, 6.07) is 6.97. The van der Waals surface area contributed by atoms with Crippen LogP contribution in [0.4, 0.5) is 16.2 Å². The number of rotatable bonds is 11. The van der Waals surface area contributed by atoms with Crippen molar-refractivity contribution >= 4 is 36.6 Å². The Kier molecular flexibility index (Phi) is 7.69. The molecule has 2 aromatic heterocycles. The van der Waals surface area contributed by atoms with Crippen LogP contribution in [0.3, 0.4) is 0 Å². The number of imidazole rings is 1. The minimum atomic E-state index is -4.41. The molecule has 14 nitrogen and oxygen atoms in total. The van der Waals surface area contributed by atoms with E-state index in [0.29, 0.717) is 17.9 Å². The van der Waals surface area contributed by atoms with Gasteiger partial charge in [0.15, 0.2) is 34.5 Å². The lowest BCUT2D eigenvalue weighted by Crippen LogP contribution is -2.45. The first-order chi connectivity index (χ1) is 19.7. The first kappa shape index (κ1) is 30.1. The second kappa shape index (κ2) is 10.7. The molecule has 1 aromatic carbocycles. The summed E-state index contributed by atoms with van der Waals surface area (Å²) >= 11 is 0. The molecule has 5 rings (SSSR count). The minimum absolute atomic E-state index is 0.0432. The van der Waals surface area contributed by atoms with Gasteiger partial charge in [0, 0.05) is 13.6 Å². The number of nitrogens with one attached hydrogen (secondary N) is 1. The number of fused-ring (bicyclic) bond motifs is 2. The van der Waals surface area contributed by atoms with Gasteiger partial charge in [-0.25, -0.2) is 13.9 Å². The van der Waals surface area contributed by atoms with Crippen molar-refractivity contribution in [2.45, 2.75) is 76.5 Å². The number of hydrogen-bond donors (Lipinski definition) is 3. The Hall–Kier alpha value is -3.36. The Morgan fingerprint density at radius 3 is 2.60 bits per heavy atom. The summed E-state index contributed by atoms with van der Waals surface area (Å²) in [4.78, 5) is 27.1. The van der Waals surface area contributed by atoms with Crippen molar-refractivity contribution in [3.05, 3.63) is 36.7 Å². The van der Waals surface area contributed by atoms with E-state index in [4.69, 9.17) is 24.3 Å². The van der Waals surface area contributed by atoms with Crippen molar-refractivity contribution in [3.63, 3.8) is 0 Å². The summed E-state index contributed by atoms with van der Waals surface area (Å²) in [6.45, 7) is 8.44. The number of anilines is 2. The number of halogens is 1. The lowest BCUT2D eigenvalue weighted by molar-refractivity contribution is -0.149. The molecule has 42 heavy (non-hydrogen) atoms. The van der Waals surface area contributed by atoms with E-state index < -0.39 is 55.6 Å². The number of ether oxygens (including phenoxy) is 2. The van der Waals surface area contributed by atoms with Crippen molar-refractivity contribution in [2.24, 2.45) is 0 Å². The zero-order chi connectivity index (χ0) is 30.6. The number of aromatic nitrogens is 4. The second-order valence-corrected chi connectivity index (χ2v) is 12.5. The summed E-state index contributed by atoms with van der Waals surface area (Å²) < 4.78 is 54.4. The number of aliphatic hydroxyl groups is 1. The van der Waals surface area contributed by atoms with Crippen molar-refractivity contribution in [3.8, 4) is 5.75 Å². The first-order valence-corrected chi connectivity index (χ1v) is 15.1. The third-order valence-electron chi connectivity index (χ3n) is 7.34. The zero-order valence-corrected chi connectivity index (χ0v) is 25.0. The number of nitrogens with two attached hydrogens (primary N) is 1. The standard InChI is InChI=1S/C26H35FN7O7P/c1-7-33(6)20-17-21(31-24(28)30-20)34(13-29-17)23-25(5,27)26(36)18(39-23)19(26)41-42(37,40-16-11-9-8-10-12-16)32-15(4)22(35)38-14(2)3/h8-15,18-19,23,36H,7H2,1-6H3,(H,32,37)(H2,28,30,31)/t15-,18+,19?,23+,25-,26-,42+/m0/s1. The normalized spacial score (nSPS) is 28.7. The van der Waals surface area contributed by atoms with Gasteiger partial charge >= 0.3 is 13.7 Å². The summed E-state index contributed by atoms with van der Waals surface area (Å²) in [7, 11) is -2.60. The van der Waals surface area contributed by atoms with E-state index in [9.17, 15) is 14.5 Å². The van der Waals surface area contributed by atoms with Crippen LogP contribution in [0.5, 0.6) is 5.75 Å². The summed E-state index contributed by atoms with van der Waals surface area (Å²) in [5.74, 6) is -0.128. The van der Waals surface area contributed by atoms with E-state index in [0.717, 1.165) is 6.92 Å². The Morgan fingerprint density at radius 2 is 2.00 bits per heavy atom. The maximum Gasteiger partial charge on any atom is 0.459 e. The number of carbonyl (C=O) groups excluding carboxylic acids is 1. The molecule has 0 amide bonds. The van der Waals surface area contributed by atoms with Gasteiger partial charge in [-0.3, -0.25) is 13.9 Å². The van der Waals surface area contributed by atoms with Crippen LogP contribution in [0.25, 0.3) is 11.2 Å². The summed E-state index contributed by atoms with van der Waals surface area (Å²) in [5.41, 5.74) is 1.82. The number of nitrogen functional groups attached to an aromatic ring is 1. The van der Waals surface area contributed by atoms with Crippen LogP contribution in [-0.4, -0.2) is 79.8 Å². The number of esters is 1. The van der Waals surface area contributed by atoms with Gasteiger partial charge in [-0.2, -0.15) is 15.1 Å². The third kappa shape index (κ3) is 5.09. The van der Waals surface area contributed by atoms with E-state index in [-0.39, 0.29) is 17.3 Å². The van der Waals surface area contributed by atoms with E-state index in [1.807, 2.05) is 11.8 Å². The molecule has 16 heteroatoms. The van der Waals surface area contributed by atoms with Gasteiger partial charge in [0.25, 0.3) is 0 Å². The highest BCUT2D eigenvalue weighted by atomic mass is 31.2. The van der Waals surface area contributed by atoms with Gasteiger partial charge in [-0.1, -0.05) is 18.2 Å². The number of alkyl halides is 1. The molecule has 1 unspecified atom stereocenters. The first-order valence-electron chi connectivity index (χ1n) is 13.5. The smallest absolute Gasteiger partial charge is 0.459 e. The number of nitrogens with zero attached hydrogens (tertiary/aromatic N) is 5. The summed E-state index contributed by atoms with van der Waals surface area (Å²) in [5, 5.41) is 14.0. The number of carbonyl (C=O) groups is 1. The van der Waals surface area contributed by atoms with Gasteiger partial charge in [0.1, 0.15) is 24.0 Å². The highest BCUT2D eigenvalue weighted by Crippen LogP contribution is 2.66. The Balaban J connectivity index is 1.41. The van der Waals surface area contributed by atoms with Crippen LogP contribution in [0.1, 0.15) is 40.8 Å². The Labute approximate surface area is 241 Å². The molecular weight excluding hydrogens is 572 g/mol. The molecule has 228 valence electrons. The molecule has 1 aliphatic carbocycles. The quantitative estimate of drug-likeness (QED) is 0.214. The van der Waals surface area contributed by atoms with Crippen LogP contribution in [0.15, 0.2) is 36.7 Å². The Morgan fingerprint density at radius 1 is 1.31 bits per heavy atom. The maximum atomic E-state index is 16.6. The van der Waals surface area contributed by atoms with E-state index in [2.05, 4.69) is 20.0 Å². The van der Waals surface area contributed by atoms with Gasteiger partial charge in [0.05, 0.1) is 12.4 Å². The highest BCUT2D eigenvalue weighted by molar-refractivity contribution is 7.52. The molecule has 2 fully saturated rings. The average molecular weight is 608 g/mol. The van der Waals surface area contributed by atoms with Crippen LogP contribution in [-0.2, 0) is 23.4 Å². The molecule has 0 radical (unpaired) electrons. The van der Waals surface area contributed by atoms with Crippen LogP contribution in [0, 0.1) is 0 Å². The number of para-hydroxylation sites is 1. The molecular formula is C26H35FN7O7P. The van der Waals surface area contributed by atoms with Gasteiger partial charge in [-0.05, 0) is 46.8 Å². The SMILES string of the molecule is CCN(C)c1nc(N)nc2c1ncn2[C@@H]1O[C@@H]2C(O[P@@](=O)(N[C@@H](C)C(=O)OC(C)C)Oc3ccccc3)[C@]2(O)[C@@]1(C)F.